The molecule has 0 unspecified atom stereocenters. The second-order valence-corrected chi connectivity index (χ2v) is 5.96. The minimum atomic E-state index is 0.0885. The highest BCUT2D eigenvalue weighted by Gasteiger charge is 2.28. The molecule has 0 spiro atoms. The van der Waals surface area contributed by atoms with Crippen molar-refractivity contribution in [2.75, 3.05) is 26.2 Å². The van der Waals surface area contributed by atoms with Crippen molar-refractivity contribution in [3.05, 3.63) is 35.4 Å². The van der Waals surface area contributed by atoms with Gasteiger partial charge in [0.25, 0.3) is 5.91 Å². The summed E-state index contributed by atoms with van der Waals surface area (Å²) >= 11 is 0. The van der Waals surface area contributed by atoms with Crippen LogP contribution in [0.1, 0.15) is 41.6 Å². The van der Waals surface area contributed by atoms with Gasteiger partial charge in [0.15, 0.2) is 0 Å². The number of hydrogen-bond acceptors (Lipinski definition) is 3. The van der Waals surface area contributed by atoms with Crippen molar-refractivity contribution in [3.8, 4) is 6.07 Å². The molecule has 1 heterocycles. The lowest BCUT2D eigenvalue weighted by Crippen LogP contribution is -2.51. The predicted octanol–water partition coefficient (Wildman–Crippen LogP) is 2.26. The molecule has 2 aliphatic rings. The molecule has 1 amide bonds. The van der Waals surface area contributed by atoms with Gasteiger partial charge in [-0.3, -0.25) is 9.69 Å². The van der Waals surface area contributed by atoms with Gasteiger partial charge >= 0.3 is 0 Å². The van der Waals surface area contributed by atoms with Crippen molar-refractivity contribution >= 4 is 5.91 Å². The zero-order chi connectivity index (χ0) is 14.7. The zero-order valence-electron chi connectivity index (χ0n) is 12.3. The molecule has 1 aromatic carbocycles. The number of rotatable bonds is 2. The molecule has 1 saturated heterocycles. The molecule has 0 N–H and O–H groups in total. The predicted molar refractivity (Wildman–Crippen MR) is 80.9 cm³/mol. The Morgan fingerprint density at radius 3 is 2.24 bits per heavy atom. The monoisotopic (exact) mass is 283 g/mol. The van der Waals surface area contributed by atoms with Crippen molar-refractivity contribution in [3.63, 3.8) is 0 Å². The minimum absolute atomic E-state index is 0.0885. The van der Waals surface area contributed by atoms with E-state index in [0.29, 0.717) is 11.1 Å². The van der Waals surface area contributed by atoms with Crippen molar-refractivity contribution in [2.45, 2.75) is 31.7 Å². The molecule has 0 bridgehead atoms. The highest BCUT2D eigenvalue weighted by atomic mass is 16.2. The maximum absolute atomic E-state index is 12.5. The number of benzene rings is 1. The second kappa shape index (κ2) is 6.28. The van der Waals surface area contributed by atoms with Crippen LogP contribution in [0.2, 0.25) is 0 Å². The highest BCUT2D eigenvalue weighted by Crippen LogP contribution is 2.24. The maximum atomic E-state index is 12.5. The third kappa shape index (κ3) is 3.08. The van der Waals surface area contributed by atoms with Gasteiger partial charge in [0.05, 0.1) is 11.6 Å². The molecule has 1 saturated carbocycles. The first-order chi connectivity index (χ1) is 10.3. The first kappa shape index (κ1) is 14.1. The molecule has 3 rings (SSSR count). The second-order valence-electron chi connectivity index (χ2n) is 5.96. The van der Waals surface area contributed by atoms with Gasteiger partial charge in [0.2, 0.25) is 0 Å². The van der Waals surface area contributed by atoms with E-state index in [-0.39, 0.29) is 5.91 Å². The Hall–Kier alpha value is -1.86. The standard InChI is InChI=1S/C17H21N3O/c18-13-14-5-7-15(8-6-14)17(21)20-11-9-19(10-12-20)16-3-1-2-4-16/h5-8,16H,1-4,9-12H2. The number of hydrogen-bond donors (Lipinski definition) is 0. The molecule has 0 radical (unpaired) electrons. The van der Waals surface area contributed by atoms with Gasteiger partial charge in [-0.15, -0.1) is 0 Å². The number of piperazine rings is 1. The van der Waals surface area contributed by atoms with Gasteiger partial charge in [-0.2, -0.15) is 5.26 Å². The van der Waals surface area contributed by atoms with Crippen molar-refractivity contribution in [1.82, 2.24) is 9.80 Å². The topological polar surface area (TPSA) is 47.3 Å². The first-order valence-electron chi connectivity index (χ1n) is 7.81. The van der Waals surface area contributed by atoms with Gasteiger partial charge in [-0.1, -0.05) is 12.8 Å². The van der Waals surface area contributed by atoms with E-state index in [0.717, 1.165) is 32.2 Å². The summed E-state index contributed by atoms with van der Waals surface area (Å²) in [5, 5.41) is 8.80. The smallest absolute Gasteiger partial charge is 0.253 e. The van der Waals surface area contributed by atoms with Crippen LogP contribution in [-0.4, -0.2) is 47.9 Å². The Kier molecular flexibility index (Phi) is 4.21. The Morgan fingerprint density at radius 2 is 1.67 bits per heavy atom. The van der Waals surface area contributed by atoms with E-state index in [4.69, 9.17) is 5.26 Å². The fourth-order valence-electron chi connectivity index (χ4n) is 3.43. The molecule has 1 aliphatic heterocycles. The maximum Gasteiger partial charge on any atom is 0.253 e. The Morgan fingerprint density at radius 1 is 1.05 bits per heavy atom. The molecular weight excluding hydrogens is 262 g/mol. The molecule has 0 atom stereocenters. The van der Waals surface area contributed by atoms with E-state index in [1.807, 2.05) is 4.90 Å². The normalized spacial score (nSPS) is 20.4. The Labute approximate surface area is 126 Å². The fraction of sp³-hybridized carbons (Fsp3) is 0.529. The van der Waals surface area contributed by atoms with E-state index >= 15 is 0 Å². The van der Waals surface area contributed by atoms with Crippen LogP contribution in [0.25, 0.3) is 0 Å². The third-order valence-corrected chi connectivity index (χ3v) is 4.70. The molecule has 4 nitrogen and oxygen atoms in total. The van der Waals surface area contributed by atoms with Crippen molar-refractivity contribution in [1.29, 1.82) is 5.26 Å². The molecule has 1 aromatic rings. The van der Waals surface area contributed by atoms with Crippen LogP contribution < -0.4 is 0 Å². The number of carbonyl (C=O) groups excluding carboxylic acids is 1. The van der Waals surface area contributed by atoms with Crippen LogP contribution in [0.15, 0.2) is 24.3 Å². The molecule has 2 fully saturated rings. The summed E-state index contributed by atoms with van der Waals surface area (Å²) in [5.41, 5.74) is 1.28. The van der Waals surface area contributed by atoms with Gasteiger partial charge in [-0.05, 0) is 37.1 Å². The summed E-state index contributed by atoms with van der Waals surface area (Å²) in [6.45, 7) is 3.62. The third-order valence-electron chi connectivity index (χ3n) is 4.70. The van der Waals surface area contributed by atoms with Crippen LogP contribution in [0.5, 0.6) is 0 Å². The molecular formula is C17H21N3O. The van der Waals surface area contributed by atoms with Gasteiger partial charge in [-0.25, -0.2) is 0 Å². The van der Waals surface area contributed by atoms with E-state index in [2.05, 4.69) is 11.0 Å². The molecule has 21 heavy (non-hydrogen) atoms. The number of nitriles is 1. The van der Waals surface area contributed by atoms with Crippen LogP contribution in [0.3, 0.4) is 0 Å². The number of carbonyl (C=O) groups is 1. The SMILES string of the molecule is N#Cc1ccc(C(=O)N2CCN(C3CCCC3)CC2)cc1. The first-order valence-corrected chi connectivity index (χ1v) is 7.81. The lowest BCUT2D eigenvalue weighted by Gasteiger charge is -2.38. The zero-order valence-corrected chi connectivity index (χ0v) is 12.3. The summed E-state index contributed by atoms with van der Waals surface area (Å²) in [5.74, 6) is 0.0885. The van der Waals surface area contributed by atoms with E-state index in [1.165, 1.54) is 25.7 Å². The summed E-state index contributed by atoms with van der Waals surface area (Å²) in [6.07, 6.45) is 5.36. The molecule has 1 aliphatic carbocycles. The van der Waals surface area contributed by atoms with E-state index in [1.54, 1.807) is 24.3 Å². The average molecular weight is 283 g/mol. The minimum Gasteiger partial charge on any atom is -0.336 e. The lowest BCUT2D eigenvalue weighted by molar-refractivity contribution is 0.0573. The van der Waals surface area contributed by atoms with Crippen molar-refractivity contribution < 1.29 is 4.79 Å². The molecule has 4 heteroatoms. The van der Waals surface area contributed by atoms with E-state index < -0.39 is 0 Å². The summed E-state index contributed by atoms with van der Waals surface area (Å²) in [7, 11) is 0. The number of amides is 1. The highest BCUT2D eigenvalue weighted by molar-refractivity contribution is 5.94. The lowest BCUT2D eigenvalue weighted by atomic mass is 10.1. The molecule has 0 aromatic heterocycles. The van der Waals surface area contributed by atoms with Crippen LogP contribution in [0, 0.1) is 11.3 Å². The average Bonchev–Trinajstić information content (AvgIpc) is 3.09. The van der Waals surface area contributed by atoms with Crippen molar-refractivity contribution in [2.24, 2.45) is 0 Å². The number of nitrogens with zero attached hydrogens (tertiary/aromatic N) is 3. The summed E-state index contributed by atoms with van der Waals surface area (Å²) < 4.78 is 0. The largest absolute Gasteiger partial charge is 0.336 e. The Balaban J connectivity index is 1.58. The van der Waals surface area contributed by atoms with Gasteiger partial charge in [0.1, 0.15) is 0 Å². The quantitative estimate of drug-likeness (QED) is 0.836. The fourth-order valence-corrected chi connectivity index (χ4v) is 3.43. The van der Waals surface area contributed by atoms with Crippen LogP contribution in [0.4, 0.5) is 0 Å². The van der Waals surface area contributed by atoms with Gasteiger partial charge in [0, 0.05) is 37.8 Å². The van der Waals surface area contributed by atoms with Gasteiger partial charge < -0.3 is 4.90 Å². The molecule has 110 valence electrons. The Bertz CT molecular complexity index is 532. The van der Waals surface area contributed by atoms with E-state index in [9.17, 15) is 4.79 Å². The summed E-state index contributed by atoms with van der Waals surface area (Å²) in [4.78, 5) is 16.9. The summed E-state index contributed by atoms with van der Waals surface area (Å²) in [6, 6.07) is 9.75. The van der Waals surface area contributed by atoms with Crippen LogP contribution >= 0.6 is 0 Å². The van der Waals surface area contributed by atoms with Crippen LogP contribution in [-0.2, 0) is 0 Å².